The van der Waals surface area contributed by atoms with Crippen molar-refractivity contribution in [3.8, 4) is 17.2 Å². The van der Waals surface area contributed by atoms with E-state index in [9.17, 15) is 0 Å². The lowest BCUT2D eigenvalue weighted by molar-refractivity contribution is 0.173. The zero-order chi connectivity index (χ0) is 14.7. The van der Waals surface area contributed by atoms with Gasteiger partial charge in [0.1, 0.15) is 12.4 Å². The average Bonchev–Trinajstić information content (AvgIpc) is 2.97. The van der Waals surface area contributed by atoms with E-state index in [4.69, 9.17) is 14.2 Å². The maximum atomic E-state index is 5.90. The maximum absolute atomic E-state index is 5.90. The highest BCUT2D eigenvalue weighted by molar-refractivity contribution is 5.46. The van der Waals surface area contributed by atoms with E-state index >= 15 is 0 Å². The van der Waals surface area contributed by atoms with Crippen molar-refractivity contribution in [2.75, 3.05) is 20.4 Å². The third-order valence-corrected chi connectivity index (χ3v) is 3.67. The number of hydrogen-bond donors (Lipinski definition) is 1. The minimum absolute atomic E-state index is 0.150. The summed E-state index contributed by atoms with van der Waals surface area (Å²) in [5, 5.41) is 3.30. The molecule has 0 spiro atoms. The van der Waals surface area contributed by atoms with Crippen molar-refractivity contribution in [1.82, 2.24) is 5.32 Å². The van der Waals surface area contributed by atoms with Crippen molar-refractivity contribution >= 4 is 0 Å². The highest BCUT2D eigenvalue weighted by Crippen LogP contribution is 2.35. The molecule has 1 N–H and O–H groups in total. The average molecular weight is 285 g/mol. The summed E-state index contributed by atoms with van der Waals surface area (Å²) in [5.74, 6) is 2.30. The minimum Gasteiger partial charge on any atom is -0.491 e. The lowest BCUT2D eigenvalue weighted by Crippen LogP contribution is -2.24. The monoisotopic (exact) mass is 285 g/mol. The highest BCUT2D eigenvalue weighted by atomic mass is 16.7. The second-order valence-electron chi connectivity index (χ2n) is 5.02. The highest BCUT2D eigenvalue weighted by Gasteiger charge is 2.16. The Morgan fingerprint density at radius 3 is 2.76 bits per heavy atom. The summed E-state index contributed by atoms with van der Waals surface area (Å²) in [5.41, 5.74) is 2.51. The van der Waals surface area contributed by atoms with Gasteiger partial charge in [0.15, 0.2) is 11.5 Å². The molecule has 1 aliphatic heterocycles. The molecule has 2 aromatic rings. The molecule has 2 aromatic carbocycles. The molecular formula is C17H19NO3. The first kappa shape index (κ1) is 13.8. The van der Waals surface area contributed by atoms with E-state index in [0.29, 0.717) is 6.61 Å². The molecule has 0 saturated carbocycles. The Morgan fingerprint density at radius 1 is 1.14 bits per heavy atom. The quantitative estimate of drug-likeness (QED) is 0.916. The van der Waals surface area contributed by atoms with Gasteiger partial charge in [-0.05, 0) is 37.2 Å². The third kappa shape index (κ3) is 2.95. The van der Waals surface area contributed by atoms with Crippen LogP contribution in [0.15, 0.2) is 42.5 Å². The first-order valence-corrected chi connectivity index (χ1v) is 7.03. The number of hydrogen-bond acceptors (Lipinski definition) is 4. The summed E-state index contributed by atoms with van der Waals surface area (Å²) in [7, 11) is 1.94. The Kier molecular flexibility index (Phi) is 3.97. The standard InChI is InChI=1S/C17H19NO3/c1-12-5-3-4-6-14(12)15(18-2)10-19-13-7-8-16-17(9-13)21-11-20-16/h3-9,15,18H,10-11H2,1-2H3. The van der Waals surface area contributed by atoms with Crippen molar-refractivity contribution in [1.29, 1.82) is 0 Å². The first-order chi connectivity index (χ1) is 10.3. The van der Waals surface area contributed by atoms with Gasteiger partial charge < -0.3 is 19.5 Å². The van der Waals surface area contributed by atoms with Gasteiger partial charge in [0.25, 0.3) is 0 Å². The molecule has 0 radical (unpaired) electrons. The van der Waals surface area contributed by atoms with Crippen LogP contribution in [0.25, 0.3) is 0 Å². The number of fused-ring (bicyclic) bond motifs is 1. The Bertz CT molecular complexity index is 627. The summed E-state index contributed by atoms with van der Waals surface area (Å²) in [6.07, 6.45) is 0. The maximum Gasteiger partial charge on any atom is 0.231 e. The van der Waals surface area contributed by atoms with Gasteiger partial charge in [-0.1, -0.05) is 24.3 Å². The lowest BCUT2D eigenvalue weighted by Gasteiger charge is -2.19. The molecule has 0 saturated heterocycles. The molecule has 4 nitrogen and oxygen atoms in total. The van der Waals surface area contributed by atoms with E-state index in [2.05, 4.69) is 24.4 Å². The fourth-order valence-electron chi connectivity index (χ4n) is 2.45. The summed E-state index contributed by atoms with van der Waals surface area (Å²) in [4.78, 5) is 0. The minimum atomic E-state index is 0.150. The predicted molar refractivity (Wildman–Crippen MR) is 81.0 cm³/mol. The molecule has 4 heteroatoms. The molecule has 21 heavy (non-hydrogen) atoms. The third-order valence-electron chi connectivity index (χ3n) is 3.67. The number of aryl methyl sites for hydroxylation is 1. The molecule has 1 aliphatic rings. The summed E-state index contributed by atoms with van der Waals surface area (Å²) < 4.78 is 16.5. The predicted octanol–water partition coefficient (Wildman–Crippen LogP) is 3.06. The second kappa shape index (κ2) is 6.06. The Hall–Kier alpha value is -2.20. The molecule has 0 aromatic heterocycles. The number of nitrogens with one attached hydrogen (secondary N) is 1. The molecule has 110 valence electrons. The molecule has 1 heterocycles. The Morgan fingerprint density at radius 2 is 1.95 bits per heavy atom. The van der Waals surface area contributed by atoms with E-state index in [1.54, 1.807) is 0 Å². The first-order valence-electron chi connectivity index (χ1n) is 7.03. The van der Waals surface area contributed by atoms with E-state index in [1.165, 1.54) is 11.1 Å². The van der Waals surface area contributed by atoms with Gasteiger partial charge in [-0.2, -0.15) is 0 Å². The van der Waals surface area contributed by atoms with Crippen molar-refractivity contribution in [2.45, 2.75) is 13.0 Å². The van der Waals surface area contributed by atoms with Crippen LogP contribution in [0.2, 0.25) is 0 Å². The van der Waals surface area contributed by atoms with Crippen LogP contribution in [0.3, 0.4) is 0 Å². The lowest BCUT2D eigenvalue weighted by atomic mass is 10.0. The van der Waals surface area contributed by atoms with Gasteiger partial charge >= 0.3 is 0 Å². The molecule has 0 bridgehead atoms. The van der Waals surface area contributed by atoms with Crippen LogP contribution in [0.1, 0.15) is 17.2 Å². The number of benzene rings is 2. The van der Waals surface area contributed by atoms with E-state index in [1.807, 2.05) is 37.4 Å². The molecule has 1 atom stereocenters. The van der Waals surface area contributed by atoms with E-state index in [0.717, 1.165) is 17.2 Å². The van der Waals surface area contributed by atoms with Crippen LogP contribution in [0.5, 0.6) is 17.2 Å². The molecule has 0 amide bonds. The molecule has 0 aliphatic carbocycles. The number of likely N-dealkylation sites (N-methyl/N-ethyl adjacent to an activating group) is 1. The summed E-state index contributed by atoms with van der Waals surface area (Å²) >= 11 is 0. The summed E-state index contributed by atoms with van der Waals surface area (Å²) in [6, 6.07) is 14.1. The fraction of sp³-hybridized carbons (Fsp3) is 0.294. The second-order valence-corrected chi connectivity index (χ2v) is 5.02. The van der Waals surface area contributed by atoms with Crippen LogP contribution in [0, 0.1) is 6.92 Å². The Balaban J connectivity index is 1.70. The van der Waals surface area contributed by atoms with Crippen molar-refractivity contribution < 1.29 is 14.2 Å². The SMILES string of the molecule is CNC(COc1ccc2c(c1)OCO2)c1ccccc1C. The van der Waals surface area contributed by atoms with Crippen LogP contribution in [-0.4, -0.2) is 20.4 Å². The normalized spacial score (nSPS) is 14.0. The topological polar surface area (TPSA) is 39.7 Å². The van der Waals surface area contributed by atoms with Crippen LogP contribution < -0.4 is 19.5 Å². The van der Waals surface area contributed by atoms with Crippen LogP contribution >= 0.6 is 0 Å². The zero-order valence-corrected chi connectivity index (χ0v) is 12.3. The molecular weight excluding hydrogens is 266 g/mol. The smallest absolute Gasteiger partial charge is 0.231 e. The van der Waals surface area contributed by atoms with Crippen molar-refractivity contribution in [3.05, 3.63) is 53.6 Å². The Labute approximate surface area is 124 Å². The van der Waals surface area contributed by atoms with Crippen LogP contribution in [0.4, 0.5) is 0 Å². The van der Waals surface area contributed by atoms with Crippen molar-refractivity contribution in [2.24, 2.45) is 0 Å². The largest absolute Gasteiger partial charge is 0.491 e. The fourth-order valence-corrected chi connectivity index (χ4v) is 2.45. The van der Waals surface area contributed by atoms with Crippen LogP contribution in [-0.2, 0) is 0 Å². The van der Waals surface area contributed by atoms with Gasteiger partial charge in [0, 0.05) is 6.07 Å². The van der Waals surface area contributed by atoms with Gasteiger partial charge in [0.2, 0.25) is 6.79 Å². The molecule has 3 rings (SSSR count). The molecule has 0 fully saturated rings. The van der Waals surface area contributed by atoms with Gasteiger partial charge in [0.05, 0.1) is 6.04 Å². The van der Waals surface area contributed by atoms with Gasteiger partial charge in [-0.25, -0.2) is 0 Å². The number of ether oxygens (including phenoxy) is 3. The van der Waals surface area contributed by atoms with Gasteiger partial charge in [-0.3, -0.25) is 0 Å². The summed E-state index contributed by atoms with van der Waals surface area (Å²) in [6.45, 7) is 2.95. The zero-order valence-electron chi connectivity index (χ0n) is 12.3. The van der Waals surface area contributed by atoms with E-state index in [-0.39, 0.29) is 12.8 Å². The molecule has 1 unspecified atom stereocenters. The number of rotatable bonds is 5. The van der Waals surface area contributed by atoms with E-state index < -0.39 is 0 Å². The van der Waals surface area contributed by atoms with Gasteiger partial charge in [-0.15, -0.1) is 0 Å². The van der Waals surface area contributed by atoms with Crippen molar-refractivity contribution in [3.63, 3.8) is 0 Å².